The Bertz CT molecular complexity index is 577. The van der Waals surface area contributed by atoms with Crippen LogP contribution in [0.1, 0.15) is 0 Å². The number of halogens is 1. The Kier molecular flexibility index (Phi) is 4.04. The minimum atomic E-state index is -0.339. The minimum Gasteiger partial charge on any atom is -0.399 e. The standard InChI is InChI=1S/C13H13FN2OS/c14-10-7-11(15)9-12(8-10)18-6-5-16-4-2-1-3-13(16)17/h1-4,7-9H,5-6,15H2. The summed E-state index contributed by atoms with van der Waals surface area (Å²) >= 11 is 1.47. The number of hydrogen-bond acceptors (Lipinski definition) is 3. The zero-order valence-electron chi connectivity index (χ0n) is 9.67. The fraction of sp³-hybridized carbons (Fsp3) is 0.154. The van der Waals surface area contributed by atoms with Crippen LogP contribution in [-0.2, 0) is 6.54 Å². The highest BCUT2D eigenvalue weighted by atomic mass is 32.2. The molecule has 0 aliphatic heterocycles. The molecule has 0 bridgehead atoms. The highest BCUT2D eigenvalue weighted by molar-refractivity contribution is 7.99. The summed E-state index contributed by atoms with van der Waals surface area (Å²) in [6.07, 6.45) is 1.74. The molecule has 0 atom stereocenters. The van der Waals surface area contributed by atoms with Crippen molar-refractivity contribution in [3.63, 3.8) is 0 Å². The molecule has 1 aromatic carbocycles. The molecular weight excluding hydrogens is 251 g/mol. The lowest BCUT2D eigenvalue weighted by Crippen LogP contribution is -2.18. The molecular formula is C13H13FN2OS. The monoisotopic (exact) mass is 264 g/mol. The van der Waals surface area contributed by atoms with Crippen molar-refractivity contribution in [3.8, 4) is 0 Å². The first kappa shape index (κ1) is 12.7. The Labute approximate surface area is 108 Å². The molecule has 0 unspecified atom stereocenters. The number of pyridine rings is 1. The number of nitrogens with two attached hydrogens (primary N) is 1. The van der Waals surface area contributed by atoms with Gasteiger partial charge in [0, 0.05) is 35.1 Å². The Morgan fingerprint density at radius 3 is 2.83 bits per heavy atom. The van der Waals surface area contributed by atoms with E-state index in [9.17, 15) is 9.18 Å². The molecule has 18 heavy (non-hydrogen) atoms. The third-order valence-corrected chi connectivity index (χ3v) is 3.35. The van der Waals surface area contributed by atoms with Gasteiger partial charge in [-0.3, -0.25) is 4.79 Å². The Balaban J connectivity index is 1.96. The lowest BCUT2D eigenvalue weighted by molar-refractivity contribution is 0.625. The number of aryl methyl sites for hydroxylation is 1. The average molecular weight is 264 g/mol. The zero-order chi connectivity index (χ0) is 13.0. The molecule has 0 fully saturated rings. The molecule has 0 saturated heterocycles. The highest BCUT2D eigenvalue weighted by Gasteiger charge is 2.00. The molecule has 0 amide bonds. The van der Waals surface area contributed by atoms with Crippen molar-refractivity contribution in [2.24, 2.45) is 0 Å². The first-order valence-corrected chi connectivity index (χ1v) is 6.48. The van der Waals surface area contributed by atoms with Crippen molar-refractivity contribution in [1.82, 2.24) is 4.57 Å². The predicted molar refractivity (Wildman–Crippen MR) is 72.2 cm³/mol. The maximum atomic E-state index is 13.1. The van der Waals surface area contributed by atoms with E-state index in [2.05, 4.69) is 0 Å². The van der Waals surface area contributed by atoms with Gasteiger partial charge >= 0.3 is 0 Å². The van der Waals surface area contributed by atoms with Gasteiger partial charge in [-0.2, -0.15) is 0 Å². The van der Waals surface area contributed by atoms with E-state index in [-0.39, 0.29) is 11.4 Å². The van der Waals surface area contributed by atoms with Crippen molar-refractivity contribution in [2.75, 3.05) is 11.5 Å². The molecule has 0 spiro atoms. The number of hydrogen-bond donors (Lipinski definition) is 1. The van der Waals surface area contributed by atoms with Crippen molar-refractivity contribution in [2.45, 2.75) is 11.4 Å². The second-order valence-corrected chi connectivity index (χ2v) is 4.97. The SMILES string of the molecule is Nc1cc(F)cc(SCCn2ccccc2=O)c1. The summed E-state index contributed by atoms with van der Waals surface area (Å²) in [6.45, 7) is 0.584. The van der Waals surface area contributed by atoms with Crippen LogP contribution in [0.25, 0.3) is 0 Å². The maximum absolute atomic E-state index is 13.1. The van der Waals surface area contributed by atoms with E-state index in [1.807, 2.05) is 6.07 Å². The molecule has 94 valence electrons. The molecule has 1 aromatic heterocycles. The summed E-state index contributed by atoms with van der Waals surface area (Å²) in [5, 5.41) is 0. The van der Waals surface area contributed by atoms with Crippen LogP contribution in [0.5, 0.6) is 0 Å². The van der Waals surface area contributed by atoms with Gasteiger partial charge in [0.15, 0.2) is 0 Å². The first-order valence-electron chi connectivity index (χ1n) is 5.49. The van der Waals surface area contributed by atoms with Gasteiger partial charge in [-0.05, 0) is 24.3 Å². The van der Waals surface area contributed by atoms with E-state index in [0.29, 0.717) is 18.0 Å². The molecule has 5 heteroatoms. The van der Waals surface area contributed by atoms with Gasteiger partial charge in [0.25, 0.3) is 5.56 Å². The second kappa shape index (κ2) is 5.73. The Morgan fingerprint density at radius 1 is 1.28 bits per heavy atom. The van der Waals surface area contributed by atoms with Crippen molar-refractivity contribution in [1.29, 1.82) is 0 Å². The number of benzene rings is 1. The highest BCUT2D eigenvalue weighted by Crippen LogP contribution is 2.22. The largest absolute Gasteiger partial charge is 0.399 e. The van der Waals surface area contributed by atoms with E-state index in [4.69, 9.17) is 5.73 Å². The number of rotatable bonds is 4. The molecule has 2 rings (SSSR count). The molecule has 0 saturated carbocycles. The summed E-state index contributed by atoms with van der Waals surface area (Å²) in [7, 11) is 0. The second-order valence-electron chi connectivity index (χ2n) is 3.80. The number of nitrogen functional groups attached to an aromatic ring is 1. The van der Waals surface area contributed by atoms with Gasteiger partial charge in [0.05, 0.1) is 0 Å². The van der Waals surface area contributed by atoms with Crippen LogP contribution in [0.3, 0.4) is 0 Å². The van der Waals surface area contributed by atoms with Gasteiger partial charge in [-0.15, -0.1) is 11.8 Å². The number of anilines is 1. The molecule has 1 heterocycles. The van der Waals surface area contributed by atoms with Crippen molar-refractivity contribution < 1.29 is 4.39 Å². The number of nitrogens with zero attached hydrogens (tertiary/aromatic N) is 1. The summed E-state index contributed by atoms with van der Waals surface area (Å²) in [6, 6.07) is 9.48. The van der Waals surface area contributed by atoms with Crippen molar-refractivity contribution in [3.05, 3.63) is 58.8 Å². The molecule has 3 nitrogen and oxygen atoms in total. The van der Waals surface area contributed by atoms with Gasteiger partial charge < -0.3 is 10.3 Å². The summed E-state index contributed by atoms with van der Waals surface area (Å²) in [5.74, 6) is 0.349. The molecule has 2 N–H and O–H groups in total. The van der Waals surface area contributed by atoms with Crippen molar-refractivity contribution >= 4 is 17.4 Å². The number of thioether (sulfide) groups is 1. The van der Waals surface area contributed by atoms with E-state index < -0.39 is 0 Å². The molecule has 0 radical (unpaired) electrons. The smallest absolute Gasteiger partial charge is 0.250 e. The minimum absolute atomic E-state index is 0.0307. The van der Waals surface area contributed by atoms with Gasteiger partial charge in [-0.25, -0.2) is 4.39 Å². The van der Waals surface area contributed by atoms with E-state index in [0.717, 1.165) is 4.90 Å². The predicted octanol–water partition coefficient (Wildman–Crippen LogP) is 2.36. The topological polar surface area (TPSA) is 48.0 Å². The van der Waals surface area contributed by atoms with E-state index in [1.165, 1.54) is 30.0 Å². The summed E-state index contributed by atoms with van der Waals surface area (Å²) in [4.78, 5) is 12.2. The van der Waals surface area contributed by atoms with E-state index >= 15 is 0 Å². The lowest BCUT2D eigenvalue weighted by atomic mass is 10.3. The normalized spacial score (nSPS) is 10.5. The maximum Gasteiger partial charge on any atom is 0.250 e. The molecule has 0 aliphatic carbocycles. The molecule has 2 aromatic rings. The Morgan fingerprint density at radius 2 is 2.11 bits per heavy atom. The van der Waals surface area contributed by atoms with Gasteiger partial charge in [0.1, 0.15) is 5.82 Å². The number of aromatic nitrogens is 1. The van der Waals surface area contributed by atoms with E-state index in [1.54, 1.807) is 22.9 Å². The fourth-order valence-corrected chi connectivity index (χ4v) is 2.51. The summed E-state index contributed by atoms with van der Waals surface area (Å²) in [5.41, 5.74) is 5.94. The van der Waals surface area contributed by atoms with Crippen LogP contribution < -0.4 is 11.3 Å². The fourth-order valence-electron chi connectivity index (χ4n) is 1.57. The van der Waals surface area contributed by atoms with Crippen LogP contribution in [0.2, 0.25) is 0 Å². The van der Waals surface area contributed by atoms with Gasteiger partial charge in [-0.1, -0.05) is 6.07 Å². The molecule has 0 aliphatic rings. The Hall–Kier alpha value is -1.75. The van der Waals surface area contributed by atoms with Crippen LogP contribution in [-0.4, -0.2) is 10.3 Å². The summed E-state index contributed by atoms with van der Waals surface area (Å²) < 4.78 is 14.7. The van der Waals surface area contributed by atoms with Crippen LogP contribution in [0, 0.1) is 5.82 Å². The van der Waals surface area contributed by atoms with Gasteiger partial charge in [0.2, 0.25) is 0 Å². The van der Waals surface area contributed by atoms with Crippen LogP contribution in [0.15, 0.2) is 52.3 Å². The third kappa shape index (κ3) is 3.37. The average Bonchev–Trinajstić information content (AvgIpc) is 2.30. The van der Waals surface area contributed by atoms with Crippen LogP contribution >= 0.6 is 11.8 Å². The third-order valence-electron chi connectivity index (χ3n) is 2.39. The van der Waals surface area contributed by atoms with Crippen LogP contribution in [0.4, 0.5) is 10.1 Å². The first-order chi connectivity index (χ1) is 8.65. The lowest BCUT2D eigenvalue weighted by Gasteiger charge is -2.05. The quantitative estimate of drug-likeness (QED) is 0.681. The zero-order valence-corrected chi connectivity index (χ0v) is 10.5.